The van der Waals surface area contributed by atoms with Crippen molar-refractivity contribution in [3.63, 3.8) is 0 Å². The van der Waals surface area contributed by atoms with Crippen LogP contribution in [-0.2, 0) is 30.8 Å². The van der Waals surface area contributed by atoms with Crippen molar-refractivity contribution in [2.45, 2.75) is 50.7 Å². The molecule has 1 heterocycles. The van der Waals surface area contributed by atoms with Crippen LogP contribution >= 0.6 is 11.3 Å². The van der Waals surface area contributed by atoms with Gasteiger partial charge in [-0.05, 0) is 75.2 Å². The van der Waals surface area contributed by atoms with E-state index in [1.807, 2.05) is 6.07 Å². The summed E-state index contributed by atoms with van der Waals surface area (Å²) >= 11 is 1.31. The molecule has 14 nitrogen and oxygen atoms in total. The number of fused-ring (bicyclic) bond motifs is 1. The molecule has 1 unspecified atom stereocenters. The number of amides is 2. The number of thiazole rings is 1. The number of nitrogens with one attached hydrogen (secondary N) is 3. The highest BCUT2D eigenvalue weighted by Gasteiger charge is 2.26. The van der Waals surface area contributed by atoms with Gasteiger partial charge in [0, 0.05) is 31.1 Å². The summed E-state index contributed by atoms with van der Waals surface area (Å²) in [6.07, 6.45) is -0.455. The third-order valence-corrected chi connectivity index (χ3v) is 9.23. The number of hydrogen-bond donors (Lipinski definition) is 4. The molecule has 1 atom stereocenters. The minimum atomic E-state index is -4.20. The first-order chi connectivity index (χ1) is 23.1. The second-order valence-electron chi connectivity index (χ2n) is 11.7. The second kappa shape index (κ2) is 15.9. The Morgan fingerprint density at radius 1 is 0.980 bits per heavy atom. The van der Waals surface area contributed by atoms with E-state index in [4.69, 9.17) is 20.2 Å². The number of alkyl carbamates (subject to hydrolysis) is 1. The first kappa shape index (κ1) is 36.8. The highest BCUT2D eigenvalue weighted by atomic mass is 32.2. The molecule has 0 saturated heterocycles. The molecule has 0 aliphatic rings. The molecule has 2 amide bonds. The number of oxime groups is 1. The van der Waals surface area contributed by atoms with Gasteiger partial charge in [-0.2, -0.15) is 0 Å². The fraction of sp³-hybridized carbons (Fsp3) is 0.303. The fourth-order valence-corrected chi connectivity index (χ4v) is 6.82. The predicted molar refractivity (Wildman–Crippen MR) is 185 cm³/mol. The van der Waals surface area contributed by atoms with Gasteiger partial charge in [-0.1, -0.05) is 29.4 Å². The van der Waals surface area contributed by atoms with Crippen molar-refractivity contribution < 1.29 is 37.1 Å². The molecule has 0 aliphatic carbocycles. The van der Waals surface area contributed by atoms with E-state index in [1.54, 1.807) is 64.3 Å². The van der Waals surface area contributed by atoms with Crippen molar-refractivity contribution >= 4 is 55.4 Å². The summed E-state index contributed by atoms with van der Waals surface area (Å²) in [5.41, 5.74) is 7.28. The first-order valence-electron chi connectivity index (χ1n) is 15.1. The third kappa shape index (κ3) is 10.7. The summed E-state index contributed by atoms with van der Waals surface area (Å²) in [4.78, 5) is 45.1. The zero-order valence-electron chi connectivity index (χ0n) is 27.6. The Kier molecular flexibility index (Phi) is 11.9. The molecule has 260 valence electrons. The van der Waals surface area contributed by atoms with Crippen LogP contribution in [0.25, 0.3) is 10.2 Å². The monoisotopic (exact) mass is 710 g/mol. The molecule has 49 heavy (non-hydrogen) atoms. The van der Waals surface area contributed by atoms with Gasteiger partial charge in [0.1, 0.15) is 16.4 Å². The SMILES string of the molecule is COc1ccc2nc(C(Cc3cccc(C(N)=NOC(C)=O)c3)NS(=O)(=O)c3cccc(C(=O)NCCNC(=O)OC(C)(C)C)c3)sc2c1. The van der Waals surface area contributed by atoms with E-state index in [2.05, 4.69) is 25.3 Å². The number of sulfonamides is 1. The molecule has 0 fully saturated rings. The van der Waals surface area contributed by atoms with Crippen LogP contribution in [0, 0.1) is 0 Å². The largest absolute Gasteiger partial charge is 0.497 e. The van der Waals surface area contributed by atoms with Crippen LogP contribution in [0.2, 0.25) is 0 Å². The van der Waals surface area contributed by atoms with Crippen molar-refractivity contribution in [3.05, 3.63) is 88.4 Å². The van der Waals surface area contributed by atoms with E-state index >= 15 is 0 Å². The summed E-state index contributed by atoms with van der Waals surface area (Å²) in [5, 5.41) is 9.33. The molecular weight excluding hydrogens is 673 g/mol. The Labute approximate surface area is 288 Å². The molecule has 0 bridgehead atoms. The van der Waals surface area contributed by atoms with E-state index in [9.17, 15) is 22.8 Å². The number of benzene rings is 3. The van der Waals surface area contributed by atoms with Gasteiger partial charge in [0.15, 0.2) is 5.84 Å². The number of carbonyl (C=O) groups excluding carboxylic acids is 3. The fourth-order valence-electron chi connectivity index (χ4n) is 4.45. The second-order valence-corrected chi connectivity index (χ2v) is 14.5. The summed E-state index contributed by atoms with van der Waals surface area (Å²) in [6, 6.07) is 17.1. The number of hydrogen-bond acceptors (Lipinski definition) is 11. The number of aromatic nitrogens is 1. The number of amidine groups is 1. The maximum absolute atomic E-state index is 13.8. The topological polar surface area (TPSA) is 200 Å². The number of nitrogens with zero attached hydrogens (tertiary/aromatic N) is 2. The van der Waals surface area contributed by atoms with Gasteiger partial charge in [-0.15, -0.1) is 11.3 Å². The molecule has 4 rings (SSSR count). The lowest BCUT2D eigenvalue weighted by Crippen LogP contribution is -2.37. The van der Waals surface area contributed by atoms with Crippen LogP contribution in [-0.4, -0.2) is 63.0 Å². The van der Waals surface area contributed by atoms with Gasteiger partial charge in [0.05, 0.1) is 28.3 Å². The molecular formula is C33H38N6O8S2. The number of ether oxygens (including phenoxy) is 2. The Morgan fingerprint density at radius 3 is 2.41 bits per heavy atom. The molecule has 1 aromatic heterocycles. The van der Waals surface area contributed by atoms with E-state index < -0.39 is 39.6 Å². The minimum Gasteiger partial charge on any atom is -0.497 e. The minimum absolute atomic E-state index is 0.0306. The average Bonchev–Trinajstić information content (AvgIpc) is 3.48. The average molecular weight is 711 g/mol. The van der Waals surface area contributed by atoms with Gasteiger partial charge in [0.2, 0.25) is 10.0 Å². The van der Waals surface area contributed by atoms with Crippen molar-refractivity contribution in [1.82, 2.24) is 20.3 Å². The van der Waals surface area contributed by atoms with E-state index in [1.165, 1.54) is 42.5 Å². The lowest BCUT2D eigenvalue weighted by molar-refractivity contribution is -0.140. The van der Waals surface area contributed by atoms with Crippen LogP contribution < -0.4 is 25.8 Å². The van der Waals surface area contributed by atoms with Gasteiger partial charge >= 0.3 is 12.1 Å². The molecule has 0 spiro atoms. The van der Waals surface area contributed by atoms with E-state index in [0.29, 0.717) is 27.4 Å². The van der Waals surface area contributed by atoms with Gasteiger partial charge < -0.3 is 30.7 Å². The lowest BCUT2D eigenvalue weighted by atomic mass is 10.0. The molecule has 0 radical (unpaired) electrons. The quantitative estimate of drug-likeness (QED) is 0.0517. The Morgan fingerprint density at radius 2 is 1.69 bits per heavy atom. The van der Waals surface area contributed by atoms with Crippen molar-refractivity contribution in [2.75, 3.05) is 20.2 Å². The highest BCUT2D eigenvalue weighted by Crippen LogP contribution is 2.32. The van der Waals surface area contributed by atoms with Crippen LogP contribution in [0.15, 0.2) is 76.8 Å². The summed E-state index contributed by atoms with van der Waals surface area (Å²) in [7, 11) is -2.65. The molecule has 5 N–H and O–H groups in total. The maximum atomic E-state index is 13.8. The van der Waals surface area contributed by atoms with Crippen LogP contribution in [0.3, 0.4) is 0 Å². The standard InChI is InChI=1S/C33H38N6O8S2/c1-20(40)47-38-29(34)22-9-6-8-21(16-22)17-27(31-37-26-13-12-24(45-5)19-28(26)48-31)39-49(43,44)25-11-7-10-23(18-25)30(41)35-14-15-36-32(42)46-33(2,3)4/h6-13,16,18-19,27,39H,14-15,17H2,1-5H3,(H2,34,38)(H,35,41)(H,36,42). The maximum Gasteiger partial charge on any atom is 0.407 e. The molecule has 16 heteroatoms. The van der Waals surface area contributed by atoms with E-state index in [0.717, 1.165) is 4.70 Å². The molecule has 0 aliphatic heterocycles. The number of methoxy groups -OCH3 is 1. The number of nitrogens with two attached hydrogens (primary N) is 1. The third-order valence-electron chi connectivity index (χ3n) is 6.63. The van der Waals surface area contributed by atoms with Crippen LogP contribution in [0.1, 0.15) is 60.2 Å². The van der Waals surface area contributed by atoms with Crippen LogP contribution in [0.5, 0.6) is 5.75 Å². The van der Waals surface area contributed by atoms with Crippen LogP contribution in [0.4, 0.5) is 4.79 Å². The van der Waals surface area contributed by atoms with Crippen molar-refractivity contribution in [2.24, 2.45) is 10.9 Å². The zero-order valence-corrected chi connectivity index (χ0v) is 29.2. The molecule has 0 saturated carbocycles. The predicted octanol–water partition coefficient (Wildman–Crippen LogP) is 4.01. The summed E-state index contributed by atoms with van der Waals surface area (Å²) in [6.45, 7) is 6.62. The normalized spacial score (nSPS) is 12.6. The Bertz CT molecular complexity index is 1970. The molecule has 3 aromatic carbocycles. The van der Waals surface area contributed by atoms with Gasteiger partial charge in [-0.25, -0.2) is 27.7 Å². The smallest absolute Gasteiger partial charge is 0.407 e. The number of carbonyl (C=O) groups is 3. The highest BCUT2D eigenvalue weighted by molar-refractivity contribution is 7.89. The van der Waals surface area contributed by atoms with E-state index in [-0.39, 0.29) is 35.8 Å². The van der Waals surface area contributed by atoms with Crippen molar-refractivity contribution in [3.8, 4) is 5.75 Å². The zero-order chi connectivity index (χ0) is 35.8. The van der Waals surface area contributed by atoms with Crippen molar-refractivity contribution in [1.29, 1.82) is 0 Å². The lowest BCUT2D eigenvalue weighted by Gasteiger charge is -2.19. The molecule has 4 aromatic rings. The Balaban J connectivity index is 1.57. The van der Waals surface area contributed by atoms with Gasteiger partial charge in [0.25, 0.3) is 5.91 Å². The first-order valence-corrected chi connectivity index (χ1v) is 17.4. The number of rotatable bonds is 13. The Hall–Kier alpha value is -5.06. The summed E-state index contributed by atoms with van der Waals surface area (Å²) < 4.78 is 41.7. The van der Waals surface area contributed by atoms with Gasteiger partial charge in [-0.3, -0.25) is 4.79 Å². The summed E-state index contributed by atoms with van der Waals surface area (Å²) in [5.74, 6) is -0.551.